The van der Waals surface area contributed by atoms with E-state index in [0.29, 0.717) is 29.0 Å². The van der Waals surface area contributed by atoms with Crippen LogP contribution in [0, 0.1) is 6.92 Å². The number of halogens is 3. The molecule has 9 heteroatoms. The summed E-state index contributed by atoms with van der Waals surface area (Å²) in [6, 6.07) is 8.18. The quantitative estimate of drug-likeness (QED) is 0.389. The molecule has 1 aliphatic rings. The van der Waals surface area contributed by atoms with Crippen molar-refractivity contribution in [2.24, 2.45) is 5.11 Å². The molecule has 0 aliphatic carbocycles. The van der Waals surface area contributed by atoms with Crippen LogP contribution in [0.25, 0.3) is 10.4 Å². The lowest BCUT2D eigenvalue weighted by atomic mass is 10.0. The largest absolute Gasteiger partial charge is 0.416 e. The number of anilines is 1. The number of hydrogen-bond donors (Lipinski definition) is 1. The zero-order chi connectivity index (χ0) is 21.0. The zero-order valence-corrected chi connectivity index (χ0v) is 15.8. The minimum absolute atomic E-state index is 0.0695. The summed E-state index contributed by atoms with van der Waals surface area (Å²) in [5.41, 5.74) is 9.53. The average molecular weight is 403 g/mol. The highest BCUT2D eigenvalue weighted by atomic mass is 19.4. The zero-order valence-electron chi connectivity index (χ0n) is 15.8. The summed E-state index contributed by atoms with van der Waals surface area (Å²) in [5.74, 6) is -0.658. The van der Waals surface area contributed by atoms with Crippen LogP contribution in [0.3, 0.4) is 0 Å². The molecule has 1 N–H and O–H groups in total. The summed E-state index contributed by atoms with van der Waals surface area (Å²) in [7, 11) is 0. The van der Waals surface area contributed by atoms with E-state index in [9.17, 15) is 18.0 Å². The van der Waals surface area contributed by atoms with Crippen molar-refractivity contribution in [3.05, 3.63) is 69.1 Å². The number of alkyl halides is 3. The Morgan fingerprint density at radius 2 is 1.93 bits per heavy atom. The van der Waals surface area contributed by atoms with E-state index in [2.05, 4.69) is 20.2 Å². The van der Waals surface area contributed by atoms with Crippen molar-refractivity contribution >= 4 is 17.3 Å². The highest BCUT2D eigenvalue weighted by Gasteiger charge is 2.32. The normalized spacial score (nSPS) is 14.5. The Balaban J connectivity index is 1.88. The maximum atomic E-state index is 13.3. The first-order chi connectivity index (χ1) is 13.8. The van der Waals surface area contributed by atoms with E-state index in [1.165, 1.54) is 12.1 Å². The van der Waals surface area contributed by atoms with E-state index in [0.717, 1.165) is 38.1 Å². The topological polar surface area (TPSA) is 81.1 Å². The van der Waals surface area contributed by atoms with Crippen molar-refractivity contribution < 1.29 is 18.0 Å². The van der Waals surface area contributed by atoms with Crippen molar-refractivity contribution in [2.45, 2.75) is 32.5 Å². The lowest BCUT2D eigenvalue weighted by Gasteiger charge is -2.17. The van der Waals surface area contributed by atoms with Gasteiger partial charge in [-0.25, -0.2) is 0 Å². The fraction of sp³-hybridized carbons (Fsp3) is 0.350. The minimum Gasteiger partial charge on any atom is -0.322 e. The maximum absolute atomic E-state index is 13.3. The van der Waals surface area contributed by atoms with E-state index < -0.39 is 17.6 Å². The Bertz CT molecular complexity index is 961. The molecule has 1 fully saturated rings. The van der Waals surface area contributed by atoms with Crippen molar-refractivity contribution in [3.8, 4) is 0 Å². The summed E-state index contributed by atoms with van der Waals surface area (Å²) in [6.07, 6.45) is -2.50. The lowest BCUT2D eigenvalue weighted by Crippen LogP contribution is -2.20. The number of rotatable bonds is 5. The molecule has 29 heavy (non-hydrogen) atoms. The molecule has 0 unspecified atom stereocenters. The van der Waals surface area contributed by atoms with E-state index in [1.807, 2.05) is 0 Å². The highest BCUT2D eigenvalue weighted by Crippen LogP contribution is 2.32. The predicted molar refractivity (Wildman–Crippen MR) is 104 cm³/mol. The molecular weight excluding hydrogens is 383 g/mol. The SMILES string of the molecule is Cc1ccc(NC(=O)c2cc(CN3CCCC3)cc(C(F)(F)F)c2)cc1N=[N+]=[N-]. The van der Waals surface area contributed by atoms with Crippen LogP contribution in [0.1, 0.15) is 39.9 Å². The standard InChI is InChI=1S/C20H20F3N5O/c1-13-4-5-17(11-18(13)26-27-24)25-19(29)15-8-14(12-28-6-2-3-7-28)9-16(10-15)20(21,22)23/h4-5,8-11H,2-3,6-7,12H2,1H3,(H,25,29). The third kappa shape index (κ3) is 5.28. The number of carbonyl (C=O) groups excluding carboxylic acids is 1. The van der Waals surface area contributed by atoms with E-state index in [-0.39, 0.29) is 5.56 Å². The van der Waals surface area contributed by atoms with Crippen LogP contribution in [0.5, 0.6) is 0 Å². The molecule has 0 saturated carbocycles. The number of azide groups is 1. The van der Waals surface area contributed by atoms with Gasteiger partial charge in [-0.05, 0) is 79.8 Å². The predicted octanol–water partition coefficient (Wildman–Crippen LogP) is 5.80. The van der Waals surface area contributed by atoms with Crippen LogP contribution < -0.4 is 5.32 Å². The fourth-order valence-corrected chi connectivity index (χ4v) is 3.32. The van der Waals surface area contributed by atoms with Gasteiger partial charge in [0, 0.05) is 28.4 Å². The van der Waals surface area contributed by atoms with Gasteiger partial charge in [-0.1, -0.05) is 11.2 Å². The molecule has 6 nitrogen and oxygen atoms in total. The monoisotopic (exact) mass is 403 g/mol. The van der Waals surface area contributed by atoms with Gasteiger partial charge in [0.05, 0.1) is 5.56 Å². The summed E-state index contributed by atoms with van der Waals surface area (Å²) >= 11 is 0. The molecule has 2 aromatic carbocycles. The van der Waals surface area contributed by atoms with Crippen molar-refractivity contribution in [1.82, 2.24) is 4.90 Å². The van der Waals surface area contributed by atoms with Gasteiger partial charge in [-0.3, -0.25) is 9.69 Å². The Morgan fingerprint density at radius 3 is 2.59 bits per heavy atom. The van der Waals surface area contributed by atoms with E-state index in [4.69, 9.17) is 5.53 Å². The van der Waals surface area contributed by atoms with E-state index in [1.54, 1.807) is 19.1 Å². The molecule has 0 atom stereocenters. The van der Waals surface area contributed by atoms with Gasteiger partial charge in [0.15, 0.2) is 0 Å². The van der Waals surface area contributed by atoms with Crippen LogP contribution in [0.4, 0.5) is 24.5 Å². The first kappa shape index (κ1) is 20.7. The van der Waals surface area contributed by atoms with Gasteiger partial charge in [0.25, 0.3) is 5.91 Å². The van der Waals surface area contributed by atoms with Crippen LogP contribution >= 0.6 is 0 Å². The molecule has 0 aromatic heterocycles. The van der Waals surface area contributed by atoms with Crippen LogP contribution in [0.2, 0.25) is 0 Å². The van der Waals surface area contributed by atoms with Crippen LogP contribution in [-0.2, 0) is 12.7 Å². The fourth-order valence-electron chi connectivity index (χ4n) is 3.32. The molecule has 0 radical (unpaired) electrons. The number of nitrogens with zero attached hydrogens (tertiary/aromatic N) is 4. The molecule has 0 bridgehead atoms. The van der Waals surface area contributed by atoms with Gasteiger partial charge >= 0.3 is 6.18 Å². The molecule has 0 spiro atoms. The molecular formula is C20H20F3N5O. The number of carbonyl (C=O) groups is 1. The summed E-state index contributed by atoms with van der Waals surface area (Å²) in [6.45, 7) is 3.79. The first-order valence-electron chi connectivity index (χ1n) is 9.17. The van der Waals surface area contributed by atoms with Gasteiger partial charge < -0.3 is 5.32 Å². The number of amides is 1. The second kappa shape index (κ2) is 8.55. The molecule has 2 aromatic rings. The van der Waals surface area contributed by atoms with Gasteiger partial charge in [0.2, 0.25) is 0 Å². The second-order valence-corrected chi connectivity index (χ2v) is 7.04. The Hall–Kier alpha value is -3.03. The Morgan fingerprint density at radius 1 is 1.21 bits per heavy atom. The smallest absolute Gasteiger partial charge is 0.322 e. The molecule has 1 heterocycles. The number of nitrogens with one attached hydrogen (secondary N) is 1. The van der Waals surface area contributed by atoms with Crippen molar-refractivity contribution in [2.75, 3.05) is 18.4 Å². The second-order valence-electron chi connectivity index (χ2n) is 7.04. The summed E-state index contributed by atoms with van der Waals surface area (Å²) < 4.78 is 40.0. The van der Waals surface area contributed by atoms with Crippen molar-refractivity contribution in [1.29, 1.82) is 0 Å². The van der Waals surface area contributed by atoms with Crippen LogP contribution in [-0.4, -0.2) is 23.9 Å². The Kier molecular flexibility index (Phi) is 6.10. The number of likely N-dealkylation sites (tertiary alicyclic amines) is 1. The summed E-state index contributed by atoms with van der Waals surface area (Å²) in [4.78, 5) is 17.4. The average Bonchev–Trinajstić information content (AvgIpc) is 3.16. The molecule has 1 saturated heterocycles. The molecule has 1 aliphatic heterocycles. The highest BCUT2D eigenvalue weighted by molar-refractivity contribution is 6.04. The lowest BCUT2D eigenvalue weighted by molar-refractivity contribution is -0.137. The van der Waals surface area contributed by atoms with Crippen molar-refractivity contribution in [3.63, 3.8) is 0 Å². The molecule has 1 amide bonds. The number of benzene rings is 2. The number of hydrogen-bond acceptors (Lipinski definition) is 3. The van der Waals surface area contributed by atoms with Gasteiger partial charge in [0.1, 0.15) is 0 Å². The van der Waals surface area contributed by atoms with Gasteiger partial charge in [-0.15, -0.1) is 0 Å². The third-order valence-corrected chi connectivity index (χ3v) is 4.81. The molecule has 3 rings (SSSR count). The van der Waals surface area contributed by atoms with Crippen LogP contribution in [0.15, 0.2) is 41.5 Å². The molecule has 152 valence electrons. The number of aryl methyl sites for hydroxylation is 1. The minimum atomic E-state index is -4.55. The first-order valence-corrected chi connectivity index (χ1v) is 9.17. The maximum Gasteiger partial charge on any atom is 0.416 e. The Labute approximate surface area is 166 Å². The summed E-state index contributed by atoms with van der Waals surface area (Å²) in [5, 5.41) is 6.12. The van der Waals surface area contributed by atoms with Gasteiger partial charge in [-0.2, -0.15) is 13.2 Å². The van der Waals surface area contributed by atoms with E-state index >= 15 is 0 Å². The third-order valence-electron chi connectivity index (χ3n) is 4.81.